The lowest BCUT2D eigenvalue weighted by atomic mass is 10.1. The van der Waals surface area contributed by atoms with Gasteiger partial charge in [0, 0.05) is 16.4 Å². The molecule has 0 aliphatic rings. The molecule has 0 saturated carbocycles. The maximum absolute atomic E-state index is 14.3. The molecular weight excluding hydrogens is 464 g/mol. The number of aryl methyl sites for hydroxylation is 1. The Balaban J connectivity index is 2.36. The zero-order valence-electron chi connectivity index (χ0n) is 14.0. The van der Waals surface area contributed by atoms with Gasteiger partial charge >= 0.3 is 0 Å². The minimum absolute atomic E-state index is 0.0351. The lowest BCUT2D eigenvalue weighted by Crippen LogP contribution is -2.27. The standard InChI is InChI=1S/C17H16F3IN2O3/c1-9-7-10(21)3-4-13(9)22-16-11(8-12(18)14(19)15(16)20)17(24)23-26-6-5-25-2/h3-4,7-8,22H,5-6H2,1-2H3,(H,23,24). The predicted molar refractivity (Wildman–Crippen MR) is 98.8 cm³/mol. The molecule has 2 rings (SSSR count). The molecule has 0 saturated heterocycles. The number of rotatable bonds is 7. The Morgan fingerprint density at radius 2 is 1.88 bits per heavy atom. The van der Waals surface area contributed by atoms with E-state index in [0.29, 0.717) is 11.8 Å². The smallest absolute Gasteiger partial charge is 0.277 e. The number of anilines is 2. The Morgan fingerprint density at radius 1 is 1.15 bits per heavy atom. The summed E-state index contributed by atoms with van der Waals surface area (Å²) in [6.07, 6.45) is 0. The quantitative estimate of drug-likeness (QED) is 0.272. The number of carbonyl (C=O) groups excluding carboxylic acids is 1. The van der Waals surface area contributed by atoms with Gasteiger partial charge in [0.25, 0.3) is 5.91 Å². The van der Waals surface area contributed by atoms with Crippen LogP contribution in [0.15, 0.2) is 24.3 Å². The number of carbonyl (C=O) groups is 1. The van der Waals surface area contributed by atoms with Crippen LogP contribution in [0.3, 0.4) is 0 Å². The van der Waals surface area contributed by atoms with E-state index < -0.39 is 34.6 Å². The van der Waals surface area contributed by atoms with Gasteiger partial charge in [0.1, 0.15) is 0 Å². The Hall–Kier alpha value is -1.85. The number of amides is 1. The molecule has 0 spiro atoms. The molecule has 0 fully saturated rings. The van der Waals surface area contributed by atoms with Gasteiger partial charge in [0.2, 0.25) is 0 Å². The molecule has 2 aromatic carbocycles. The predicted octanol–water partition coefficient (Wildman–Crippen LogP) is 4.07. The molecule has 0 atom stereocenters. The normalized spacial score (nSPS) is 10.7. The van der Waals surface area contributed by atoms with Gasteiger partial charge in [0.05, 0.1) is 24.5 Å². The number of benzene rings is 2. The lowest BCUT2D eigenvalue weighted by Gasteiger charge is -2.16. The summed E-state index contributed by atoms with van der Waals surface area (Å²) >= 11 is 2.11. The van der Waals surface area contributed by atoms with E-state index in [9.17, 15) is 18.0 Å². The van der Waals surface area contributed by atoms with E-state index in [0.717, 1.165) is 9.13 Å². The zero-order valence-corrected chi connectivity index (χ0v) is 16.1. The molecule has 26 heavy (non-hydrogen) atoms. The van der Waals surface area contributed by atoms with Gasteiger partial charge in [-0.15, -0.1) is 0 Å². The van der Waals surface area contributed by atoms with Gasteiger partial charge in [0.15, 0.2) is 17.5 Å². The maximum Gasteiger partial charge on any atom is 0.277 e. The Kier molecular flexibility index (Phi) is 7.23. The van der Waals surface area contributed by atoms with Crippen LogP contribution in [0.5, 0.6) is 0 Å². The summed E-state index contributed by atoms with van der Waals surface area (Å²) in [6.45, 7) is 2.00. The van der Waals surface area contributed by atoms with E-state index in [1.165, 1.54) is 7.11 Å². The molecule has 0 bridgehead atoms. The van der Waals surface area contributed by atoms with Crippen LogP contribution in [-0.4, -0.2) is 26.2 Å². The monoisotopic (exact) mass is 480 g/mol. The van der Waals surface area contributed by atoms with Crippen LogP contribution in [0.4, 0.5) is 24.5 Å². The molecule has 5 nitrogen and oxygen atoms in total. The second-order valence-electron chi connectivity index (χ2n) is 5.27. The minimum atomic E-state index is -1.67. The summed E-state index contributed by atoms with van der Waals surface area (Å²) in [7, 11) is 1.45. The van der Waals surface area contributed by atoms with Gasteiger partial charge in [-0.25, -0.2) is 18.7 Å². The highest BCUT2D eigenvalue weighted by atomic mass is 127. The van der Waals surface area contributed by atoms with Gasteiger partial charge in [-0.3, -0.25) is 9.63 Å². The van der Waals surface area contributed by atoms with Crippen molar-refractivity contribution in [3.05, 3.63) is 56.4 Å². The van der Waals surface area contributed by atoms with E-state index in [4.69, 9.17) is 9.57 Å². The SMILES string of the molecule is COCCONC(=O)c1cc(F)c(F)c(F)c1Nc1ccc(I)cc1C. The summed E-state index contributed by atoms with van der Waals surface area (Å²) in [5.74, 6) is -5.57. The number of hydroxylamine groups is 1. The molecule has 0 unspecified atom stereocenters. The van der Waals surface area contributed by atoms with E-state index in [1.807, 2.05) is 11.5 Å². The van der Waals surface area contributed by atoms with Crippen LogP contribution in [0.25, 0.3) is 0 Å². The Bertz CT molecular complexity index is 818. The lowest BCUT2D eigenvalue weighted by molar-refractivity contribution is 0.00889. The van der Waals surface area contributed by atoms with Crippen LogP contribution in [0.2, 0.25) is 0 Å². The van der Waals surface area contributed by atoms with Crippen LogP contribution >= 0.6 is 22.6 Å². The van der Waals surface area contributed by atoms with Crippen molar-refractivity contribution in [1.82, 2.24) is 5.48 Å². The Morgan fingerprint density at radius 3 is 2.54 bits per heavy atom. The van der Waals surface area contributed by atoms with E-state index >= 15 is 0 Å². The van der Waals surface area contributed by atoms with Crippen molar-refractivity contribution < 1.29 is 27.5 Å². The first-order chi connectivity index (χ1) is 12.3. The maximum atomic E-state index is 14.3. The molecule has 1 amide bonds. The van der Waals surface area contributed by atoms with Crippen molar-refractivity contribution in [3.63, 3.8) is 0 Å². The summed E-state index contributed by atoms with van der Waals surface area (Å²) in [6, 6.07) is 5.82. The number of halogens is 4. The largest absolute Gasteiger partial charge is 0.382 e. The summed E-state index contributed by atoms with van der Waals surface area (Å²) in [5.41, 5.74) is 2.31. The van der Waals surface area contributed by atoms with Gasteiger partial charge in [-0.2, -0.15) is 0 Å². The fraction of sp³-hybridized carbons (Fsp3) is 0.235. The number of hydrogen-bond acceptors (Lipinski definition) is 4. The van der Waals surface area contributed by atoms with Crippen LogP contribution in [0, 0.1) is 27.9 Å². The number of methoxy groups -OCH3 is 1. The molecule has 0 heterocycles. The molecular formula is C17H16F3IN2O3. The fourth-order valence-corrected chi connectivity index (χ4v) is 2.74. The van der Waals surface area contributed by atoms with Crippen LogP contribution in [0.1, 0.15) is 15.9 Å². The number of ether oxygens (including phenoxy) is 1. The van der Waals surface area contributed by atoms with Crippen LogP contribution in [-0.2, 0) is 9.57 Å². The third kappa shape index (κ3) is 4.86. The third-order valence-corrected chi connectivity index (χ3v) is 4.08. The first-order valence-electron chi connectivity index (χ1n) is 7.47. The summed E-state index contributed by atoms with van der Waals surface area (Å²) < 4.78 is 47.3. The highest BCUT2D eigenvalue weighted by Gasteiger charge is 2.23. The number of nitrogens with one attached hydrogen (secondary N) is 2. The number of hydrogen-bond donors (Lipinski definition) is 2. The van der Waals surface area contributed by atoms with E-state index in [1.54, 1.807) is 19.1 Å². The zero-order chi connectivity index (χ0) is 19.3. The molecule has 2 aromatic rings. The second-order valence-corrected chi connectivity index (χ2v) is 6.51. The van der Waals surface area contributed by atoms with E-state index in [-0.39, 0.29) is 13.2 Å². The van der Waals surface area contributed by atoms with Gasteiger partial charge in [-0.05, 0) is 59.3 Å². The Labute approximate surface area is 162 Å². The average Bonchev–Trinajstić information content (AvgIpc) is 2.60. The fourth-order valence-electron chi connectivity index (χ4n) is 2.09. The van der Waals surface area contributed by atoms with Crippen molar-refractivity contribution in [2.75, 3.05) is 25.6 Å². The molecule has 140 valence electrons. The first-order valence-corrected chi connectivity index (χ1v) is 8.54. The van der Waals surface area contributed by atoms with Crippen LogP contribution < -0.4 is 10.8 Å². The van der Waals surface area contributed by atoms with Crippen molar-refractivity contribution in [2.24, 2.45) is 0 Å². The minimum Gasteiger partial charge on any atom is -0.382 e. The van der Waals surface area contributed by atoms with Gasteiger partial charge < -0.3 is 10.1 Å². The van der Waals surface area contributed by atoms with Crippen molar-refractivity contribution in [2.45, 2.75) is 6.92 Å². The van der Waals surface area contributed by atoms with Crippen molar-refractivity contribution in [3.8, 4) is 0 Å². The molecule has 0 aromatic heterocycles. The highest BCUT2D eigenvalue weighted by molar-refractivity contribution is 14.1. The first kappa shape index (κ1) is 20.5. The van der Waals surface area contributed by atoms with Crippen molar-refractivity contribution >= 4 is 39.9 Å². The summed E-state index contributed by atoms with van der Waals surface area (Å²) in [4.78, 5) is 17.1. The molecule has 0 aliphatic carbocycles. The summed E-state index contributed by atoms with van der Waals surface area (Å²) in [5, 5.41) is 2.66. The highest BCUT2D eigenvalue weighted by Crippen LogP contribution is 2.30. The molecule has 0 radical (unpaired) electrons. The van der Waals surface area contributed by atoms with E-state index in [2.05, 4.69) is 27.9 Å². The topological polar surface area (TPSA) is 59.6 Å². The van der Waals surface area contributed by atoms with Gasteiger partial charge in [-0.1, -0.05) is 0 Å². The molecule has 9 heteroatoms. The second kappa shape index (κ2) is 9.19. The third-order valence-electron chi connectivity index (χ3n) is 3.41. The molecule has 2 N–H and O–H groups in total. The van der Waals surface area contributed by atoms with Crippen molar-refractivity contribution in [1.29, 1.82) is 0 Å². The molecule has 0 aliphatic heterocycles. The average molecular weight is 480 g/mol.